The van der Waals surface area contributed by atoms with E-state index in [1.807, 2.05) is 0 Å². The molecule has 1 aromatic carbocycles. The molecule has 0 unspecified atom stereocenters. The molecule has 0 atom stereocenters. The van der Waals surface area contributed by atoms with Gasteiger partial charge in [-0.3, -0.25) is 0 Å². The Bertz CT molecular complexity index is 641. The number of aromatic nitrogens is 2. The Kier molecular flexibility index (Phi) is 4.83. The molecule has 0 spiro atoms. The van der Waals surface area contributed by atoms with Gasteiger partial charge in [0.2, 0.25) is 5.89 Å². The second kappa shape index (κ2) is 6.80. The third-order valence-corrected chi connectivity index (χ3v) is 2.86. The van der Waals surface area contributed by atoms with Gasteiger partial charge in [-0.25, -0.2) is 4.39 Å². The number of rotatable bonds is 6. The van der Waals surface area contributed by atoms with Crippen molar-refractivity contribution in [2.45, 2.75) is 19.9 Å². The van der Waals surface area contributed by atoms with E-state index in [9.17, 15) is 4.39 Å². The number of nitrogens with two attached hydrogens (primary N) is 1. The van der Waals surface area contributed by atoms with Crippen molar-refractivity contribution in [3.8, 4) is 0 Å². The summed E-state index contributed by atoms with van der Waals surface area (Å²) in [7, 11) is 0. The second-order valence-corrected chi connectivity index (χ2v) is 4.43. The molecular formula is C13H16FN5O2. The first-order valence-corrected chi connectivity index (χ1v) is 6.37. The van der Waals surface area contributed by atoms with Crippen LogP contribution in [0.2, 0.25) is 0 Å². The molecule has 7 nitrogen and oxygen atoms in total. The molecule has 112 valence electrons. The van der Waals surface area contributed by atoms with Crippen molar-refractivity contribution >= 4 is 5.84 Å². The van der Waals surface area contributed by atoms with Gasteiger partial charge in [0.15, 0.2) is 11.7 Å². The van der Waals surface area contributed by atoms with Crippen molar-refractivity contribution in [2.75, 3.05) is 6.54 Å². The van der Waals surface area contributed by atoms with E-state index in [1.165, 1.54) is 6.07 Å². The fourth-order valence-electron chi connectivity index (χ4n) is 1.83. The van der Waals surface area contributed by atoms with Gasteiger partial charge in [0.25, 0.3) is 0 Å². The first-order valence-electron chi connectivity index (χ1n) is 6.37. The van der Waals surface area contributed by atoms with Gasteiger partial charge in [0, 0.05) is 25.1 Å². The topological polar surface area (TPSA) is 110 Å². The van der Waals surface area contributed by atoms with Gasteiger partial charge in [-0.2, -0.15) is 4.98 Å². The summed E-state index contributed by atoms with van der Waals surface area (Å²) in [6, 6.07) is 4.73. The molecule has 0 aliphatic carbocycles. The number of hydrogen-bond acceptors (Lipinski definition) is 6. The zero-order chi connectivity index (χ0) is 15.2. The van der Waals surface area contributed by atoms with Gasteiger partial charge in [0.05, 0.1) is 5.56 Å². The molecule has 8 heteroatoms. The zero-order valence-corrected chi connectivity index (χ0v) is 11.5. The predicted octanol–water partition coefficient (Wildman–Crippen LogP) is 0.944. The molecule has 0 aliphatic heterocycles. The van der Waals surface area contributed by atoms with Crippen LogP contribution in [0.4, 0.5) is 4.39 Å². The summed E-state index contributed by atoms with van der Waals surface area (Å²) in [4.78, 5) is 4.07. The summed E-state index contributed by atoms with van der Waals surface area (Å²) >= 11 is 0. The van der Waals surface area contributed by atoms with E-state index in [1.54, 1.807) is 19.1 Å². The number of hydrogen-bond donors (Lipinski definition) is 3. The van der Waals surface area contributed by atoms with E-state index >= 15 is 0 Å². The lowest BCUT2D eigenvalue weighted by Crippen LogP contribution is -2.20. The molecule has 0 fully saturated rings. The first-order chi connectivity index (χ1) is 10.1. The van der Waals surface area contributed by atoms with Crippen LogP contribution in [-0.4, -0.2) is 27.7 Å². The molecule has 1 aromatic heterocycles. The molecule has 0 saturated carbocycles. The molecule has 0 radical (unpaired) electrons. The van der Waals surface area contributed by atoms with Crippen LogP contribution >= 0.6 is 0 Å². The molecule has 0 bridgehead atoms. The van der Waals surface area contributed by atoms with Crippen LogP contribution in [0.25, 0.3) is 0 Å². The van der Waals surface area contributed by atoms with Crippen molar-refractivity contribution in [1.82, 2.24) is 15.5 Å². The van der Waals surface area contributed by atoms with Crippen LogP contribution in [0.3, 0.4) is 0 Å². The number of nitrogens with zero attached hydrogens (tertiary/aromatic N) is 3. The van der Waals surface area contributed by atoms with E-state index in [2.05, 4.69) is 20.6 Å². The van der Waals surface area contributed by atoms with Crippen LogP contribution in [0.15, 0.2) is 27.9 Å². The van der Waals surface area contributed by atoms with Crippen molar-refractivity contribution in [3.05, 3.63) is 46.9 Å². The Balaban J connectivity index is 1.91. The highest BCUT2D eigenvalue weighted by Gasteiger charge is 2.11. The maximum atomic E-state index is 14.1. The lowest BCUT2D eigenvalue weighted by atomic mass is 10.1. The Morgan fingerprint density at radius 1 is 1.52 bits per heavy atom. The van der Waals surface area contributed by atoms with Gasteiger partial charge in [-0.1, -0.05) is 22.4 Å². The largest absolute Gasteiger partial charge is 0.409 e. The van der Waals surface area contributed by atoms with Gasteiger partial charge >= 0.3 is 0 Å². The highest BCUT2D eigenvalue weighted by Crippen LogP contribution is 2.12. The van der Waals surface area contributed by atoms with E-state index in [-0.39, 0.29) is 11.4 Å². The number of nitrogens with one attached hydrogen (secondary N) is 1. The zero-order valence-electron chi connectivity index (χ0n) is 11.5. The monoisotopic (exact) mass is 293 g/mol. The average molecular weight is 293 g/mol. The molecule has 0 aliphatic rings. The summed E-state index contributed by atoms with van der Waals surface area (Å²) in [6.07, 6.45) is 0.558. The maximum absolute atomic E-state index is 14.1. The summed E-state index contributed by atoms with van der Waals surface area (Å²) < 4.78 is 19.1. The number of halogens is 1. The molecule has 21 heavy (non-hydrogen) atoms. The normalized spacial score (nSPS) is 11.8. The standard InChI is InChI=1S/C13H16FN5O2/c1-8-17-11(21-19-8)5-6-16-7-9-3-2-4-10(12(9)14)13(15)18-20/h2-4,16,20H,5-7H2,1H3,(H2,15,18). The van der Waals surface area contributed by atoms with Crippen molar-refractivity contribution in [3.63, 3.8) is 0 Å². The summed E-state index contributed by atoms with van der Waals surface area (Å²) in [6.45, 7) is 2.62. The van der Waals surface area contributed by atoms with Crippen LogP contribution < -0.4 is 11.1 Å². The van der Waals surface area contributed by atoms with Gasteiger partial charge in [-0.15, -0.1) is 0 Å². The van der Waals surface area contributed by atoms with E-state index in [0.29, 0.717) is 36.8 Å². The van der Waals surface area contributed by atoms with Gasteiger partial charge in [-0.05, 0) is 13.0 Å². The average Bonchev–Trinajstić information content (AvgIpc) is 2.90. The van der Waals surface area contributed by atoms with Crippen LogP contribution in [0, 0.1) is 12.7 Å². The lowest BCUT2D eigenvalue weighted by Gasteiger charge is -2.08. The van der Waals surface area contributed by atoms with E-state index in [4.69, 9.17) is 15.5 Å². The van der Waals surface area contributed by atoms with E-state index < -0.39 is 5.82 Å². The first kappa shape index (κ1) is 14.9. The highest BCUT2D eigenvalue weighted by atomic mass is 19.1. The van der Waals surface area contributed by atoms with Crippen LogP contribution in [0.1, 0.15) is 22.8 Å². The minimum Gasteiger partial charge on any atom is -0.409 e. The van der Waals surface area contributed by atoms with Crippen molar-refractivity contribution in [2.24, 2.45) is 10.9 Å². The van der Waals surface area contributed by atoms with Crippen molar-refractivity contribution in [1.29, 1.82) is 0 Å². The fraction of sp³-hybridized carbons (Fsp3) is 0.308. The quantitative estimate of drug-likeness (QED) is 0.240. The second-order valence-electron chi connectivity index (χ2n) is 4.43. The Hall–Kier alpha value is -2.48. The lowest BCUT2D eigenvalue weighted by molar-refractivity contribution is 0.318. The third-order valence-electron chi connectivity index (χ3n) is 2.86. The fourth-order valence-corrected chi connectivity index (χ4v) is 1.83. The summed E-state index contributed by atoms with van der Waals surface area (Å²) in [5, 5.41) is 18.2. The summed E-state index contributed by atoms with van der Waals surface area (Å²) in [5.41, 5.74) is 5.91. The maximum Gasteiger partial charge on any atom is 0.227 e. The van der Waals surface area contributed by atoms with E-state index in [0.717, 1.165) is 0 Å². The Labute approximate surface area is 120 Å². The van der Waals surface area contributed by atoms with Crippen LogP contribution in [-0.2, 0) is 13.0 Å². The molecular weight excluding hydrogens is 277 g/mol. The highest BCUT2D eigenvalue weighted by molar-refractivity contribution is 5.97. The number of aryl methyl sites for hydroxylation is 1. The van der Waals surface area contributed by atoms with Gasteiger partial charge < -0.3 is 20.8 Å². The molecule has 4 N–H and O–H groups in total. The van der Waals surface area contributed by atoms with Crippen LogP contribution in [0.5, 0.6) is 0 Å². The smallest absolute Gasteiger partial charge is 0.227 e. The number of amidine groups is 1. The molecule has 0 saturated heterocycles. The predicted molar refractivity (Wildman–Crippen MR) is 73.4 cm³/mol. The Morgan fingerprint density at radius 2 is 2.33 bits per heavy atom. The van der Waals surface area contributed by atoms with Crippen molar-refractivity contribution < 1.29 is 14.1 Å². The number of oxime groups is 1. The minimum absolute atomic E-state index is 0.0735. The molecule has 2 aromatic rings. The molecule has 0 amide bonds. The number of benzene rings is 1. The molecule has 2 rings (SSSR count). The third kappa shape index (κ3) is 3.76. The molecule has 1 heterocycles. The Morgan fingerprint density at radius 3 is 3.00 bits per heavy atom. The SMILES string of the molecule is Cc1noc(CCNCc2cccc(/C(N)=N/O)c2F)n1. The summed E-state index contributed by atoms with van der Waals surface area (Å²) in [5.74, 6) is 0.359. The van der Waals surface area contributed by atoms with Gasteiger partial charge in [0.1, 0.15) is 5.82 Å². The minimum atomic E-state index is -0.506.